The molecule has 0 aromatic rings. The molecule has 0 saturated carbocycles. The summed E-state index contributed by atoms with van der Waals surface area (Å²) in [6.45, 7) is 6.11. The second-order valence-corrected chi connectivity index (χ2v) is 4.49. The number of nitrogens with two attached hydrogens (primary N) is 1. The maximum Gasteiger partial charge on any atom is 0.174 e. The van der Waals surface area contributed by atoms with Crippen molar-refractivity contribution >= 4 is 17.2 Å². The van der Waals surface area contributed by atoms with Crippen LogP contribution < -0.4 is 5.73 Å². The Balaban J connectivity index is 5.01. The highest BCUT2D eigenvalue weighted by Crippen LogP contribution is 2.10. The molecule has 1 atom stereocenters. The zero-order valence-electron chi connectivity index (χ0n) is 10.8. The summed E-state index contributed by atoms with van der Waals surface area (Å²) in [5.74, 6) is 0.464. The first-order valence-corrected chi connectivity index (χ1v) is 5.87. The quantitative estimate of drug-likeness (QED) is 0.331. The average Bonchev–Trinajstić information content (AvgIpc) is 2.25. The Morgan fingerprint density at radius 2 is 1.88 bits per heavy atom. The molecule has 3 nitrogen and oxygen atoms in total. The average molecular weight is 255 g/mol. The third-order valence-electron chi connectivity index (χ3n) is 2.09. The smallest absolute Gasteiger partial charge is 0.174 e. The van der Waals surface area contributed by atoms with Crippen LogP contribution in [0.2, 0.25) is 0 Å². The van der Waals surface area contributed by atoms with Crippen LogP contribution in [0.1, 0.15) is 20.8 Å². The highest BCUT2D eigenvalue weighted by Gasteiger charge is 2.02. The minimum absolute atomic E-state index is 0.301. The fourth-order valence-corrected chi connectivity index (χ4v) is 1.32. The van der Waals surface area contributed by atoms with Crippen LogP contribution >= 0.6 is 12.2 Å². The molecular weight excluding hydrogens is 234 g/mol. The molecule has 0 radical (unpaired) electrons. The lowest BCUT2D eigenvalue weighted by Crippen LogP contribution is -2.12. The van der Waals surface area contributed by atoms with Gasteiger partial charge in [0.25, 0.3) is 0 Å². The summed E-state index contributed by atoms with van der Waals surface area (Å²) in [5.41, 5.74) is 7.33. The predicted octanol–water partition coefficient (Wildman–Crippen LogP) is 2.32. The third kappa shape index (κ3) is 7.05. The number of aliphatic hydroxyl groups excluding tert-OH is 1. The van der Waals surface area contributed by atoms with Gasteiger partial charge in [-0.3, -0.25) is 0 Å². The van der Waals surface area contributed by atoms with E-state index >= 15 is 0 Å². The van der Waals surface area contributed by atoms with Crippen LogP contribution in [0.3, 0.4) is 0 Å². The number of hydrogen-bond donors (Lipinski definition) is 2. The molecule has 0 heterocycles. The fourth-order valence-electron chi connectivity index (χ4n) is 1.09. The normalized spacial score (nSPS) is 15.6. The van der Waals surface area contributed by atoms with E-state index in [1.54, 1.807) is 6.08 Å². The van der Waals surface area contributed by atoms with Crippen LogP contribution in [0.15, 0.2) is 35.5 Å². The second kappa shape index (κ2) is 8.17. The number of aliphatic hydroxyl groups is 1. The lowest BCUT2D eigenvalue weighted by atomic mass is 10.1. The van der Waals surface area contributed by atoms with Crippen molar-refractivity contribution in [2.75, 3.05) is 7.11 Å². The fraction of sp³-hybridized carbons (Fsp3) is 0.462. The number of hydrogen-bond acceptors (Lipinski definition) is 3. The van der Waals surface area contributed by atoms with Crippen LogP contribution in [0.25, 0.3) is 0 Å². The van der Waals surface area contributed by atoms with Gasteiger partial charge >= 0.3 is 0 Å². The van der Waals surface area contributed by atoms with E-state index in [0.717, 1.165) is 11.1 Å². The minimum Gasteiger partial charge on any atom is -0.389 e. The van der Waals surface area contributed by atoms with Crippen molar-refractivity contribution in [1.82, 2.24) is 0 Å². The first kappa shape index (κ1) is 16.0. The van der Waals surface area contributed by atoms with Gasteiger partial charge in [-0.25, -0.2) is 0 Å². The topological polar surface area (TPSA) is 55.5 Å². The molecule has 96 valence electrons. The zero-order chi connectivity index (χ0) is 13.4. The van der Waals surface area contributed by atoms with E-state index < -0.39 is 6.29 Å². The maximum absolute atomic E-state index is 9.25. The highest BCUT2D eigenvalue weighted by molar-refractivity contribution is 7.80. The van der Waals surface area contributed by atoms with Crippen molar-refractivity contribution in [3.63, 3.8) is 0 Å². The van der Waals surface area contributed by atoms with Gasteiger partial charge in [-0.2, -0.15) is 0 Å². The van der Waals surface area contributed by atoms with Crippen LogP contribution in [0, 0.1) is 5.92 Å². The standard InChI is InChI=1S/C13H21NO2S/c1-9(2)5-6-10(3)11(13(14)17)7-8-12(15)16-4/h5-9,12,15H,1-4H3,(H2,14,17)/b6-5+,8-7+,11-10+. The van der Waals surface area contributed by atoms with Crippen molar-refractivity contribution in [3.05, 3.63) is 35.5 Å². The maximum atomic E-state index is 9.25. The van der Waals surface area contributed by atoms with Crippen molar-refractivity contribution in [3.8, 4) is 0 Å². The van der Waals surface area contributed by atoms with Gasteiger partial charge < -0.3 is 15.6 Å². The summed E-state index contributed by atoms with van der Waals surface area (Å²) < 4.78 is 4.70. The monoisotopic (exact) mass is 255 g/mol. The highest BCUT2D eigenvalue weighted by atomic mass is 32.1. The summed E-state index contributed by atoms with van der Waals surface area (Å²) in [6.07, 6.45) is 6.27. The molecule has 0 aliphatic carbocycles. The SMILES string of the molecule is COC(O)/C=C/C(C(N)=S)=C(C)\C=C\C(C)C. The zero-order valence-corrected chi connectivity index (χ0v) is 11.6. The summed E-state index contributed by atoms with van der Waals surface area (Å²) in [5, 5.41) is 9.25. The molecule has 3 N–H and O–H groups in total. The minimum atomic E-state index is -0.943. The molecule has 0 aromatic heterocycles. The summed E-state index contributed by atoms with van der Waals surface area (Å²) in [7, 11) is 1.42. The van der Waals surface area contributed by atoms with E-state index in [2.05, 4.69) is 19.9 Å². The second-order valence-electron chi connectivity index (χ2n) is 4.05. The van der Waals surface area contributed by atoms with E-state index in [1.165, 1.54) is 13.2 Å². The molecule has 0 bridgehead atoms. The van der Waals surface area contributed by atoms with Gasteiger partial charge in [-0.15, -0.1) is 0 Å². The molecular formula is C13H21NO2S. The third-order valence-corrected chi connectivity index (χ3v) is 2.31. The number of thiocarbonyl (C=S) groups is 1. The Labute approximate surface area is 109 Å². The lowest BCUT2D eigenvalue weighted by molar-refractivity contribution is -0.0356. The van der Waals surface area contributed by atoms with Crippen LogP contribution in [-0.4, -0.2) is 23.5 Å². The largest absolute Gasteiger partial charge is 0.389 e. The Morgan fingerprint density at radius 3 is 2.29 bits per heavy atom. The molecule has 0 amide bonds. The molecule has 0 aliphatic heterocycles. The molecule has 0 aliphatic rings. The Kier molecular flexibility index (Phi) is 7.70. The first-order valence-electron chi connectivity index (χ1n) is 5.46. The summed E-state index contributed by atoms with van der Waals surface area (Å²) in [4.78, 5) is 0.301. The van der Waals surface area contributed by atoms with Crippen molar-refractivity contribution < 1.29 is 9.84 Å². The Morgan fingerprint density at radius 1 is 1.29 bits per heavy atom. The summed E-state index contributed by atoms with van der Waals surface area (Å²) >= 11 is 4.97. The van der Waals surface area contributed by atoms with Gasteiger partial charge in [0.05, 0.1) is 0 Å². The van der Waals surface area contributed by atoms with Crippen LogP contribution in [0.5, 0.6) is 0 Å². The van der Waals surface area contributed by atoms with Crippen molar-refractivity contribution in [1.29, 1.82) is 0 Å². The van der Waals surface area contributed by atoms with E-state index in [-0.39, 0.29) is 0 Å². The molecule has 0 fully saturated rings. The van der Waals surface area contributed by atoms with E-state index in [0.29, 0.717) is 10.9 Å². The van der Waals surface area contributed by atoms with E-state index in [9.17, 15) is 5.11 Å². The van der Waals surface area contributed by atoms with Gasteiger partial charge in [0.2, 0.25) is 0 Å². The molecule has 0 spiro atoms. The predicted molar refractivity (Wildman–Crippen MR) is 75.6 cm³/mol. The number of methoxy groups -OCH3 is 1. The number of allylic oxidation sites excluding steroid dienone is 3. The van der Waals surface area contributed by atoms with Gasteiger partial charge in [0.1, 0.15) is 4.99 Å². The van der Waals surface area contributed by atoms with Crippen molar-refractivity contribution in [2.45, 2.75) is 27.1 Å². The molecule has 1 unspecified atom stereocenters. The Bertz CT molecular complexity index is 343. The van der Waals surface area contributed by atoms with E-state index in [1.807, 2.05) is 13.0 Å². The van der Waals surface area contributed by atoms with Crippen LogP contribution in [-0.2, 0) is 4.74 Å². The number of ether oxygens (including phenoxy) is 1. The van der Waals surface area contributed by atoms with Gasteiger partial charge in [0, 0.05) is 12.7 Å². The lowest BCUT2D eigenvalue weighted by Gasteiger charge is -2.06. The first-order chi connectivity index (χ1) is 7.88. The van der Waals surface area contributed by atoms with Crippen molar-refractivity contribution in [2.24, 2.45) is 11.7 Å². The molecule has 0 saturated heterocycles. The molecule has 0 aromatic carbocycles. The van der Waals surface area contributed by atoms with Gasteiger partial charge in [-0.1, -0.05) is 44.3 Å². The molecule has 4 heteroatoms. The van der Waals surface area contributed by atoms with Gasteiger partial charge in [0.15, 0.2) is 6.29 Å². The summed E-state index contributed by atoms with van der Waals surface area (Å²) in [6, 6.07) is 0. The van der Waals surface area contributed by atoms with E-state index in [4.69, 9.17) is 22.7 Å². The molecule has 17 heavy (non-hydrogen) atoms. The molecule has 0 rings (SSSR count). The van der Waals surface area contributed by atoms with Crippen LogP contribution in [0.4, 0.5) is 0 Å². The number of rotatable bonds is 6. The van der Waals surface area contributed by atoms with Gasteiger partial charge in [-0.05, 0) is 24.5 Å². The Hall–Kier alpha value is -0.970.